The van der Waals surface area contributed by atoms with Crippen LogP contribution in [0.1, 0.15) is 45.4 Å². The van der Waals surface area contributed by atoms with Gasteiger partial charge in [0.2, 0.25) is 0 Å². The number of rotatable bonds is 5. The van der Waals surface area contributed by atoms with Crippen molar-refractivity contribution in [1.82, 2.24) is 15.2 Å². The number of carbonyl (C=O) groups is 1. The number of alkyl halides is 1. The van der Waals surface area contributed by atoms with Crippen LogP contribution in [0.25, 0.3) is 0 Å². The van der Waals surface area contributed by atoms with Crippen LogP contribution in [0.15, 0.2) is 36.5 Å². The van der Waals surface area contributed by atoms with Crippen LogP contribution in [0, 0.1) is 12.7 Å². The number of nitrogens with zero attached hydrogens (tertiary/aromatic N) is 2. The Kier molecular flexibility index (Phi) is 3.61. The van der Waals surface area contributed by atoms with Gasteiger partial charge in [0, 0.05) is 61.6 Å². The van der Waals surface area contributed by atoms with Gasteiger partial charge in [0.25, 0.3) is 5.91 Å². The summed E-state index contributed by atoms with van der Waals surface area (Å²) in [5.74, 6) is -1.94. The molecule has 1 aliphatic rings. The number of likely N-dealkylation sites (tertiary alicyclic amines) is 1. The molecule has 1 N–H and O–H groups in total. The van der Waals surface area contributed by atoms with Crippen LogP contribution in [0.5, 0.6) is 0 Å². The highest BCUT2D eigenvalue weighted by molar-refractivity contribution is 6.31. The first-order chi connectivity index (χ1) is 15.8. The maximum atomic E-state index is 16.2. The summed E-state index contributed by atoms with van der Waals surface area (Å²) in [7, 11) is 0. The summed E-state index contributed by atoms with van der Waals surface area (Å²) in [5.41, 5.74) is -3.50. The van der Waals surface area contributed by atoms with Crippen LogP contribution in [0.3, 0.4) is 0 Å². The number of piperidine rings is 1. The summed E-state index contributed by atoms with van der Waals surface area (Å²) in [6, 6.07) is 5.56. The monoisotopic (exact) mass is 401 g/mol. The first-order valence-electron chi connectivity index (χ1n) is 12.0. The van der Waals surface area contributed by atoms with Gasteiger partial charge in [-0.05, 0) is 36.8 Å². The molecule has 2 heterocycles. The summed E-state index contributed by atoms with van der Waals surface area (Å²) in [4.78, 5) is 17.2. The SMILES string of the molecule is [2H]C([2H])(NC([2H])([2H])C1(F)CC([2H])([2H])N(C(=O)c2ccc(F)c(Cl)c2)CC1([2H])[2H])c1ccc(C)cn1. The molecule has 1 aromatic carbocycles. The molecule has 0 spiro atoms. The summed E-state index contributed by atoms with van der Waals surface area (Å²) in [6.45, 7) is -8.62. The molecule has 0 radical (unpaired) electrons. The van der Waals surface area contributed by atoms with Crippen molar-refractivity contribution in [2.75, 3.05) is 19.5 Å². The summed E-state index contributed by atoms with van der Waals surface area (Å²) in [5, 5.41) is 1.39. The Hall–Kier alpha value is -2.05. The van der Waals surface area contributed by atoms with Crippen molar-refractivity contribution in [1.29, 1.82) is 0 Å². The lowest BCUT2D eigenvalue weighted by atomic mass is 9.92. The van der Waals surface area contributed by atoms with Crippen LogP contribution < -0.4 is 5.32 Å². The molecular formula is C20H22ClF2N3O. The van der Waals surface area contributed by atoms with Crippen LogP contribution in [-0.4, -0.2) is 41.0 Å². The van der Waals surface area contributed by atoms with Crippen molar-refractivity contribution in [3.63, 3.8) is 0 Å². The van der Waals surface area contributed by atoms with E-state index in [0.29, 0.717) is 10.5 Å². The average molecular weight is 402 g/mol. The van der Waals surface area contributed by atoms with Gasteiger partial charge in [0.05, 0.1) is 10.7 Å². The summed E-state index contributed by atoms with van der Waals surface area (Å²) >= 11 is 5.68. The van der Waals surface area contributed by atoms with Gasteiger partial charge in [-0.1, -0.05) is 17.7 Å². The molecule has 0 saturated carbocycles. The zero-order chi connectivity index (χ0) is 26.6. The van der Waals surface area contributed by atoms with E-state index in [4.69, 9.17) is 22.6 Å². The van der Waals surface area contributed by atoms with Crippen molar-refractivity contribution in [2.24, 2.45) is 0 Å². The van der Waals surface area contributed by atoms with E-state index in [0.717, 1.165) is 18.2 Å². The van der Waals surface area contributed by atoms with Crippen LogP contribution in [-0.2, 0) is 6.50 Å². The van der Waals surface area contributed by atoms with Crippen LogP contribution >= 0.6 is 11.6 Å². The standard InChI is InChI=1S/C20H22ClF2N3O/c1-14-2-4-16(25-11-14)12-24-13-20(23)6-8-26(9-7-20)19(27)15-3-5-18(22)17(21)10-15/h2-5,10-11,24H,6-9,12-13H2,1H3/i6D2,9D2,12D2,13D2. The summed E-state index contributed by atoms with van der Waals surface area (Å²) in [6.07, 6.45) is -3.32. The van der Waals surface area contributed by atoms with Crippen molar-refractivity contribution >= 4 is 17.5 Å². The fourth-order valence-corrected chi connectivity index (χ4v) is 2.46. The molecule has 3 rings (SSSR count). The molecule has 1 aliphatic heterocycles. The van der Waals surface area contributed by atoms with Gasteiger partial charge in [-0.25, -0.2) is 8.78 Å². The topological polar surface area (TPSA) is 45.2 Å². The fourth-order valence-electron chi connectivity index (χ4n) is 2.28. The molecule has 1 unspecified atom stereocenters. The second-order valence-electron chi connectivity index (χ2n) is 5.93. The van der Waals surface area contributed by atoms with Crippen molar-refractivity contribution < 1.29 is 24.5 Å². The number of hydrogen-bond donors (Lipinski definition) is 1. The zero-order valence-electron chi connectivity index (χ0n) is 22.3. The van der Waals surface area contributed by atoms with E-state index in [2.05, 4.69) is 4.98 Å². The average Bonchev–Trinajstić information content (AvgIpc) is 2.71. The van der Waals surface area contributed by atoms with Crippen molar-refractivity contribution in [2.45, 2.75) is 31.9 Å². The second kappa shape index (κ2) is 8.31. The maximum Gasteiger partial charge on any atom is 0.253 e. The van der Waals surface area contributed by atoms with Crippen LogP contribution in [0.2, 0.25) is 5.02 Å². The quantitative estimate of drug-likeness (QED) is 0.826. The largest absolute Gasteiger partial charge is 0.338 e. The zero-order valence-corrected chi connectivity index (χ0v) is 15.1. The number of aryl methyl sites for hydroxylation is 1. The minimum Gasteiger partial charge on any atom is -0.338 e. The number of hydrogen-bond acceptors (Lipinski definition) is 3. The first kappa shape index (κ1) is 11.7. The van der Waals surface area contributed by atoms with Crippen molar-refractivity contribution in [3.05, 3.63) is 64.2 Å². The Bertz CT molecular complexity index is 1140. The molecule has 1 saturated heterocycles. The van der Waals surface area contributed by atoms with E-state index in [1.54, 1.807) is 6.92 Å². The number of carbonyl (C=O) groups excluding carboxylic acids is 1. The minimum atomic E-state index is -3.63. The molecule has 1 amide bonds. The molecule has 144 valence electrons. The first-order valence-corrected chi connectivity index (χ1v) is 8.39. The number of benzene rings is 1. The third kappa shape index (κ3) is 5.02. The van der Waals surface area contributed by atoms with E-state index < -0.39 is 61.2 Å². The third-order valence-corrected chi connectivity index (χ3v) is 4.09. The van der Waals surface area contributed by atoms with E-state index >= 15 is 4.39 Å². The van der Waals surface area contributed by atoms with Gasteiger partial charge in [-0.2, -0.15) is 0 Å². The third-order valence-electron chi connectivity index (χ3n) is 3.81. The molecule has 0 aliphatic carbocycles. The highest BCUT2D eigenvalue weighted by atomic mass is 35.5. The number of amides is 1. The molecule has 1 aromatic heterocycles. The molecule has 1 atom stereocenters. The Morgan fingerprint density at radius 1 is 1.48 bits per heavy atom. The maximum absolute atomic E-state index is 16.2. The van der Waals surface area contributed by atoms with Gasteiger partial charge in [0.1, 0.15) is 11.5 Å². The Morgan fingerprint density at radius 3 is 3.00 bits per heavy atom. The fraction of sp³-hybridized carbons (Fsp3) is 0.400. The highest BCUT2D eigenvalue weighted by Gasteiger charge is 2.35. The Labute approximate surface area is 173 Å². The lowest BCUT2D eigenvalue weighted by Crippen LogP contribution is -2.48. The van der Waals surface area contributed by atoms with Gasteiger partial charge in [-0.15, -0.1) is 0 Å². The smallest absolute Gasteiger partial charge is 0.253 e. The lowest BCUT2D eigenvalue weighted by molar-refractivity contribution is 0.0434. The Balaban J connectivity index is 1.94. The second-order valence-corrected chi connectivity index (χ2v) is 6.34. The molecule has 0 bridgehead atoms. The highest BCUT2D eigenvalue weighted by Crippen LogP contribution is 2.27. The van der Waals surface area contributed by atoms with Crippen molar-refractivity contribution in [3.8, 4) is 0 Å². The number of pyridine rings is 1. The summed E-state index contributed by atoms with van der Waals surface area (Å²) < 4.78 is 95.4. The van der Waals surface area contributed by atoms with Gasteiger partial charge in [0.15, 0.2) is 0 Å². The van der Waals surface area contributed by atoms with E-state index in [1.807, 2.05) is 5.32 Å². The number of aromatic nitrogens is 1. The van der Waals surface area contributed by atoms with Gasteiger partial charge in [-0.3, -0.25) is 9.78 Å². The minimum absolute atomic E-state index is 0.273. The molecular weight excluding hydrogens is 372 g/mol. The normalized spacial score (nSPS) is 29.1. The molecule has 7 heteroatoms. The van der Waals surface area contributed by atoms with Gasteiger partial charge < -0.3 is 10.2 Å². The van der Waals surface area contributed by atoms with Gasteiger partial charge >= 0.3 is 0 Å². The lowest BCUT2D eigenvalue weighted by Gasteiger charge is -2.36. The molecule has 1 fully saturated rings. The van der Waals surface area contributed by atoms with E-state index in [-0.39, 0.29) is 11.3 Å². The molecule has 2 aromatic rings. The van der Waals surface area contributed by atoms with Crippen LogP contribution in [0.4, 0.5) is 8.78 Å². The number of halogens is 3. The predicted octanol–water partition coefficient (Wildman–Crippen LogP) is 3.92. The predicted molar refractivity (Wildman–Crippen MR) is 101 cm³/mol. The molecule has 27 heavy (non-hydrogen) atoms. The van der Waals surface area contributed by atoms with E-state index in [1.165, 1.54) is 18.3 Å². The number of nitrogens with one attached hydrogen (secondary N) is 1. The Morgan fingerprint density at radius 2 is 2.30 bits per heavy atom. The molecule has 4 nitrogen and oxygen atoms in total. The van der Waals surface area contributed by atoms with E-state index in [9.17, 15) is 9.18 Å².